The normalized spacial score (nSPS) is 12.0. The van der Waals surface area contributed by atoms with Crippen LogP contribution in [0.15, 0.2) is 47.4 Å². The number of sulfonamides is 1. The van der Waals surface area contributed by atoms with E-state index in [0.717, 1.165) is 0 Å². The lowest BCUT2D eigenvalue weighted by molar-refractivity contribution is 0.102. The van der Waals surface area contributed by atoms with Crippen molar-refractivity contribution in [2.24, 2.45) is 0 Å². The first-order valence-electron chi connectivity index (χ1n) is 7.70. The van der Waals surface area contributed by atoms with Crippen LogP contribution in [0.1, 0.15) is 36.7 Å². The van der Waals surface area contributed by atoms with Gasteiger partial charge in [-0.05, 0) is 57.5 Å². The molecule has 7 heteroatoms. The quantitative estimate of drug-likeness (QED) is 0.872. The lowest BCUT2D eigenvalue weighted by Gasteiger charge is -2.20. The van der Waals surface area contributed by atoms with Crippen molar-refractivity contribution in [1.29, 1.82) is 0 Å². The molecule has 0 bridgehead atoms. The second kappa shape index (κ2) is 6.93. The molecule has 0 saturated heterocycles. The topological polar surface area (TPSA) is 75.3 Å². The average molecular weight is 364 g/mol. The third kappa shape index (κ3) is 4.87. The standard InChI is InChI=1S/C18H21FN2O3S/c1-12-9-10-13(25(23,24)21-18(2,3)4)11-14(12)17(22)20-16-8-6-5-7-15(16)19/h5-11,21H,1-4H3,(H,20,22). The average Bonchev–Trinajstić information content (AvgIpc) is 2.47. The van der Waals surface area contributed by atoms with E-state index in [4.69, 9.17) is 0 Å². The Morgan fingerprint density at radius 2 is 1.72 bits per heavy atom. The zero-order chi connectivity index (χ0) is 18.8. The Morgan fingerprint density at radius 1 is 1.08 bits per heavy atom. The predicted octanol–water partition coefficient (Wildman–Crippen LogP) is 3.46. The highest BCUT2D eigenvalue weighted by molar-refractivity contribution is 7.89. The molecule has 0 spiro atoms. The fraction of sp³-hybridized carbons (Fsp3) is 0.278. The summed E-state index contributed by atoms with van der Waals surface area (Å²) in [6.45, 7) is 6.86. The van der Waals surface area contributed by atoms with Gasteiger partial charge in [0.15, 0.2) is 0 Å². The van der Waals surface area contributed by atoms with E-state index in [1.165, 1.54) is 30.3 Å². The van der Waals surface area contributed by atoms with E-state index >= 15 is 0 Å². The van der Waals surface area contributed by atoms with Crippen LogP contribution in [0, 0.1) is 12.7 Å². The molecular formula is C18H21FN2O3S. The molecule has 0 aromatic heterocycles. The maximum Gasteiger partial charge on any atom is 0.256 e. The van der Waals surface area contributed by atoms with Gasteiger partial charge in [0.1, 0.15) is 5.82 Å². The van der Waals surface area contributed by atoms with Crippen molar-refractivity contribution in [2.75, 3.05) is 5.32 Å². The van der Waals surface area contributed by atoms with Crippen molar-refractivity contribution in [2.45, 2.75) is 38.1 Å². The number of hydrogen-bond donors (Lipinski definition) is 2. The second-order valence-electron chi connectivity index (χ2n) is 6.77. The van der Waals surface area contributed by atoms with E-state index in [-0.39, 0.29) is 16.1 Å². The molecule has 25 heavy (non-hydrogen) atoms. The molecule has 0 unspecified atom stereocenters. The maximum atomic E-state index is 13.7. The number of anilines is 1. The molecule has 5 nitrogen and oxygen atoms in total. The summed E-state index contributed by atoms with van der Waals surface area (Å²) in [7, 11) is -3.78. The molecule has 0 aliphatic rings. The summed E-state index contributed by atoms with van der Waals surface area (Å²) in [5.41, 5.74) is 0.135. The predicted molar refractivity (Wildman–Crippen MR) is 95.6 cm³/mol. The van der Waals surface area contributed by atoms with Crippen molar-refractivity contribution < 1.29 is 17.6 Å². The van der Waals surface area contributed by atoms with Gasteiger partial charge in [-0.25, -0.2) is 17.5 Å². The summed E-state index contributed by atoms with van der Waals surface area (Å²) in [5, 5.41) is 2.47. The van der Waals surface area contributed by atoms with Crippen molar-refractivity contribution >= 4 is 21.6 Å². The van der Waals surface area contributed by atoms with E-state index in [2.05, 4.69) is 10.0 Å². The number of rotatable bonds is 4. The number of hydrogen-bond acceptors (Lipinski definition) is 3. The molecule has 0 aliphatic carbocycles. The van der Waals surface area contributed by atoms with Crippen molar-refractivity contribution in [1.82, 2.24) is 4.72 Å². The number of aryl methyl sites for hydroxylation is 1. The molecule has 2 aromatic rings. The zero-order valence-electron chi connectivity index (χ0n) is 14.6. The SMILES string of the molecule is Cc1ccc(S(=O)(=O)NC(C)(C)C)cc1C(=O)Nc1ccccc1F. The minimum atomic E-state index is -3.78. The van der Waals surface area contributed by atoms with Gasteiger partial charge in [-0.2, -0.15) is 0 Å². The lowest BCUT2D eigenvalue weighted by atomic mass is 10.1. The fourth-order valence-corrected chi connectivity index (χ4v) is 3.67. The summed E-state index contributed by atoms with van der Waals surface area (Å²) in [5.74, 6) is -1.14. The summed E-state index contributed by atoms with van der Waals surface area (Å²) in [4.78, 5) is 12.4. The van der Waals surface area contributed by atoms with Gasteiger partial charge >= 0.3 is 0 Å². The fourth-order valence-electron chi connectivity index (χ4n) is 2.23. The Bertz CT molecular complexity index is 903. The van der Waals surface area contributed by atoms with E-state index < -0.39 is 27.3 Å². The monoisotopic (exact) mass is 364 g/mol. The van der Waals surface area contributed by atoms with Gasteiger partial charge in [-0.3, -0.25) is 4.79 Å². The molecule has 2 rings (SSSR count). The number of amides is 1. The Hall–Kier alpha value is -2.25. The van der Waals surface area contributed by atoms with Crippen molar-refractivity contribution in [3.8, 4) is 0 Å². The van der Waals surface area contributed by atoms with Crippen LogP contribution in [-0.4, -0.2) is 19.9 Å². The number of carbonyl (C=O) groups excluding carboxylic acids is 1. The summed E-state index contributed by atoms with van der Waals surface area (Å²) < 4.78 is 41.1. The zero-order valence-corrected chi connectivity index (χ0v) is 15.4. The first kappa shape index (κ1) is 19.1. The minimum Gasteiger partial charge on any atom is -0.319 e. The van der Waals surface area contributed by atoms with Crippen LogP contribution in [0.25, 0.3) is 0 Å². The molecule has 0 saturated carbocycles. The van der Waals surface area contributed by atoms with Gasteiger partial charge in [-0.1, -0.05) is 18.2 Å². The van der Waals surface area contributed by atoms with Gasteiger partial charge in [0.2, 0.25) is 10.0 Å². The van der Waals surface area contributed by atoms with Gasteiger partial charge in [0.25, 0.3) is 5.91 Å². The van der Waals surface area contributed by atoms with Gasteiger partial charge in [0, 0.05) is 11.1 Å². The maximum absolute atomic E-state index is 13.7. The van der Waals surface area contributed by atoms with E-state index in [1.54, 1.807) is 39.8 Å². The number of para-hydroxylation sites is 1. The summed E-state index contributed by atoms with van der Waals surface area (Å²) in [6.07, 6.45) is 0. The smallest absolute Gasteiger partial charge is 0.256 e. The molecule has 2 aromatic carbocycles. The number of benzene rings is 2. The molecule has 0 radical (unpaired) electrons. The second-order valence-corrected chi connectivity index (χ2v) is 8.45. The van der Waals surface area contributed by atoms with Crippen molar-refractivity contribution in [3.63, 3.8) is 0 Å². The Labute approximate surface area is 147 Å². The number of nitrogens with one attached hydrogen (secondary N) is 2. The first-order chi connectivity index (χ1) is 11.5. The number of halogens is 1. The highest BCUT2D eigenvalue weighted by Crippen LogP contribution is 2.20. The molecule has 0 heterocycles. The van der Waals surface area contributed by atoms with Crippen LogP contribution < -0.4 is 10.0 Å². The molecule has 0 aliphatic heterocycles. The highest BCUT2D eigenvalue weighted by Gasteiger charge is 2.23. The van der Waals surface area contributed by atoms with E-state index in [9.17, 15) is 17.6 Å². The Kier molecular flexibility index (Phi) is 5.29. The Balaban J connectivity index is 2.36. The highest BCUT2D eigenvalue weighted by atomic mass is 32.2. The lowest BCUT2D eigenvalue weighted by Crippen LogP contribution is -2.40. The van der Waals surface area contributed by atoms with Gasteiger partial charge < -0.3 is 5.32 Å². The van der Waals surface area contributed by atoms with Crippen LogP contribution in [0.2, 0.25) is 0 Å². The molecule has 2 N–H and O–H groups in total. The van der Waals surface area contributed by atoms with Gasteiger partial charge in [0.05, 0.1) is 10.6 Å². The molecule has 0 atom stereocenters. The van der Waals surface area contributed by atoms with Crippen LogP contribution in [-0.2, 0) is 10.0 Å². The first-order valence-corrected chi connectivity index (χ1v) is 9.18. The minimum absolute atomic E-state index is 0.0216. The molecule has 1 amide bonds. The summed E-state index contributed by atoms with van der Waals surface area (Å²) >= 11 is 0. The van der Waals surface area contributed by atoms with Crippen LogP contribution in [0.5, 0.6) is 0 Å². The van der Waals surface area contributed by atoms with Gasteiger partial charge in [-0.15, -0.1) is 0 Å². The third-order valence-electron chi connectivity index (χ3n) is 3.33. The van der Waals surface area contributed by atoms with Crippen LogP contribution in [0.3, 0.4) is 0 Å². The third-order valence-corrected chi connectivity index (χ3v) is 5.08. The largest absolute Gasteiger partial charge is 0.319 e. The van der Waals surface area contributed by atoms with E-state index in [0.29, 0.717) is 5.56 Å². The van der Waals surface area contributed by atoms with Crippen LogP contribution in [0.4, 0.5) is 10.1 Å². The Morgan fingerprint density at radius 3 is 2.32 bits per heavy atom. The van der Waals surface area contributed by atoms with Crippen molar-refractivity contribution in [3.05, 3.63) is 59.4 Å². The molecular weight excluding hydrogens is 343 g/mol. The summed E-state index contributed by atoms with van der Waals surface area (Å²) in [6, 6.07) is 10.1. The van der Waals surface area contributed by atoms with Crippen LogP contribution >= 0.6 is 0 Å². The molecule has 0 fully saturated rings. The molecule has 134 valence electrons. The number of carbonyl (C=O) groups is 1. The van der Waals surface area contributed by atoms with E-state index in [1.807, 2.05) is 0 Å².